The number of amidine groups is 2. The quantitative estimate of drug-likeness (QED) is 0.0665. The van der Waals surface area contributed by atoms with Crippen LogP contribution in [0.5, 0.6) is 0 Å². The second kappa shape index (κ2) is 30.6. The van der Waals surface area contributed by atoms with Gasteiger partial charge in [-0.15, -0.1) is 0 Å². The van der Waals surface area contributed by atoms with Crippen molar-refractivity contribution in [3.05, 3.63) is 380 Å². The molecule has 0 aliphatic carbocycles. The summed E-state index contributed by atoms with van der Waals surface area (Å²) in [5, 5.41) is 13.0. The van der Waals surface area contributed by atoms with Crippen LogP contribution in [0.15, 0.2) is 367 Å². The number of fused-ring (bicyclic) bond motifs is 6. The first-order valence-electron chi connectivity index (χ1n) is 37.8. The molecular formula is C99H62F3N15. The van der Waals surface area contributed by atoms with Crippen molar-refractivity contribution in [3.63, 3.8) is 0 Å². The van der Waals surface area contributed by atoms with Gasteiger partial charge in [-0.1, -0.05) is 255 Å². The molecule has 0 atom stereocenters. The van der Waals surface area contributed by atoms with E-state index in [1.807, 2.05) is 325 Å². The highest BCUT2D eigenvalue weighted by Crippen LogP contribution is 2.47. The Morgan fingerprint density at radius 3 is 1.00 bits per heavy atom. The summed E-state index contributed by atoms with van der Waals surface area (Å²) in [6.07, 6.45) is -4.98. The summed E-state index contributed by atoms with van der Waals surface area (Å²) in [6.45, 7) is 4.42. The molecule has 0 saturated heterocycles. The number of aromatic nitrogens is 11. The molecule has 18 heteroatoms. The Morgan fingerprint density at radius 2 is 0.641 bits per heavy atom. The zero-order valence-electron chi connectivity index (χ0n) is 62.2. The van der Waals surface area contributed by atoms with Crippen LogP contribution in [0.25, 0.3) is 169 Å². The smallest absolute Gasteiger partial charge is 0.307 e. The van der Waals surface area contributed by atoms with Crippen LogP contribution >= 0.6 is 0 Å². The van der Waals surface area contributed by atoms with Crippen molar-refractivity contribution in [1.82, 2.24) is 54.0 Å². The minimum Gasteiger partial charge on any atom is -0.307 e. The molecule has 0 aliphatic rings. The average molecular weight is 1520 g/mol. The molecule has 19 aromatic rings. The lowest BCUT2D eigenvalue weighted by Gasteiger charge is -2.22. The van der Waals surface area contributed by atoms with Crippen molar-refractivity contribution >= 4 is 62.0 Å². The van der Waals surface area contributed by atoms with E-state index in [1.54, 1.807) is 24.3 Å². The summed E-state index contributed by atoms with van der Waals surface area (Å²) >= 11 is 0. The maximum atomic E-state index is 17.0. The van der Waals surface area contributed by atoms with Crippen molar-refractivity contribution in [2.75, 3.05) is 0 Å². The van der Waals surface area contributed by atoms with Crippen LogP contribution in [0, 0.1) is 11.3 Å². The predicted molar refractivity (Wildman–Crippen MR) is 459 cm³/mol. The van der Waals surface area contributed by atoms with Gasteiger partial charge in [0.05, 0.1) is 57.2 Å². The van der Waals surface area contributed by atoms with E-state index in [4.69, 9.17) is 54.8 Å². The lowest BCUT2D eigenvalue weighted by atomic mass is 9.95. The maximum absolute atomic E-state index is 17.0. The van der Waals surface area contributed by atoms with Crippen LogP contribution in [0.4, 0.5) is 13.2 Å². The molecule has 0 saturated carbocycles. The normalized spacial score (nSPS) is 11.9. The second-order valence-corrected chi connectivity index (χ2v) is 27.9. The van der Waals surface area contributed by atoms with Gasteiger partial charge in [-0.25, -0.2) is 54.8 Å². The van der Waals surface area contributed by atoms with Crippen molar-refractivity contribution < 1.29 is 13.2 Å². The second-order valence-electron chi connectivity index (χ2n) is 27.9. The summed E-state index contributed by atoms with van der Waals surface area (Å²) in [5.74, 6) is 4.40. The monoisotopic (exact) mass is 1520 g/mol. The number of hydrogen-bond acceptors (Lipinski definition) is 11. The summed E-state index contributed by atoms with van der Waals surface area (Å²) in [7, 11) is 0. The minimum atomic E-state index is -4.98. The molecule has 0 aliphatic heterocycles. The van der Waals surface area contributed by atoms with Gasteiger partial charge < -0.3 is 9.13 Å². The van der Waals surface area contributed by atoms with Crippen molar-refractivity contribution in [2.45, 2.75) is 12.7 Å². The van der Waals surface area contributed by atoms with Crippen LogP contribution in [0.1, 0.15) is 27.8 Å². The summed E-state index contributed by atoms with van der Waals surface area (Å²) in [5.41, 5.74) is 10.6. The van der Waals surface area contributed by atoms with E-state index in [9.17, 15) is 5.26 Å². The number of halogens is 3. The van der Waals surface area contributed by atoms with Gasteiger partial charge in [0.15, 0.2) is 64.1 Å². The van der Waals surface area contributed by atoms with Crippen LogP contribution in [-0.4, -0.2) is 72.4 Å². The lowest BCUT2D eigenvalue weighted by Crippen LogP contribution is -2.12. The first-order valence-corrected chi connectivity index (χ1v) is 37.8. The fourth-order valence-electron chi connectivity index (χ4n) is 14.9. The first kappa shape index (κ1) is 71.3. The molecule has 0 unspecified atom stereocenters. The minimum absolute atomic E-state index is 0.139. The zero-order chi connectivity index (χ0) is 78.9. The third-order valence-electron chi connectivity index (χ3n) is 20.5. The number of nitriles is 1. The largest absolute Gasteiger partial charge is 0.417 e. The number of nitrogens with zero attached hydrogens (tertiary/aromatic N) is 15. The van der Waals surface area contributed by atoms with Crippen molar-refractivity contribution in [2.24, 2.45) is 15.0 Å². The molecule has 0 fully saturated rings. The highest BCUT2D eigenvalue weighted by Gasteiger charge is 2.37. The number of hydrogen-bond donors (Lipinski definition) is 0. The van der Waals surface area contributed by atoms with E-state index in [0.29, 0.717) is 136 Å². The van der Waals surface area contributed by atoms with E-state index in [-0.39, 0.29) is 28.2 Å². The number of rotatable bonds is 16. The molecule has 0 bridgehead atoms. The molecule has 15 nitrogen and oxygen atoms in total. The molecule has 0 N–H and O–H groups in total. The first-order chi connectivity index (χ1) is 57.5. The molecular weight excluding hydrogens is 1460 g/mol. The Bertz CT molecular complexity index is 6780. The van der Waals surface area contributed by atoms with Gasteiger partial charge in [-0.05, 0) is 120 Å². The Labute approximate surface area is 669 Å². The Hall–Kier alpha value is -16.0. The molecule has 5 heterocycles. The molecule has 554 valence electrons. The molecule has 0 spiro atoms. The van der Waals surface area contributed by atoms with Gasteiger partial charge >= 0.3 is 6.18 Å². The molecule has 14 aromatic carbocycles. The van der Waals surface area contributed by atoms with E-state index >= 15 is 13.2 Å². The SMILES string of the molecule is C=NC(=NC(=NCc1ccccc1)c1ccccc1)c1ccc2c(c1)c1cc(-c3nc(-c4ccccc4)nc(-c4ccccc4)n3)ccc1n2-c1cc(-c2cccc(C#N)c2)c(C(F)(F)F)cc1-n1c2ccc(-c3nc(-c4ccccc4)nc(-c4ccccc4)n3)cc2c2cc(-c3nc(-c4ccccc4)nc(-c4ccccc4)n3)ccc21. The standard InChI is InChI=1S/C99H62F3N15/c1-104-88(106-89(64-30-12-3-13-31-64)105-61-62-27-10-2-11-28-62)72-45-49-82-77(54-72)78-55-73(96-110-90(65-32-14-4-15-33-65)107-91(111-96)66-34-16-5-17-35-66)46-50-83(78)116(82)86-58-76(71-44-26-29-63(53-71)60-103)81(99(100,101)102)59-87(86)117-84-51-47-74(97-112-92(67-36-18-6-19-37-67)108-93(113-97)68-38-20-7-21-39-68)56-79(84)80-57-75(48-52-85(80)117)98-114-94(69-40-22-8-23-41-69)109-95(115-98)70-42-24-9-25-43-70/h2-59H,1,61H2. The van der Waals surface area contributed by atoms with Gasteiger partial charge in [0, 0.05) is 82.7 Å². The molecule has 0 radical (unpaired) electrons. The number of aliphatic imine (C=N–C) groups is 3. The van der Waals surface area contributed by atoms with Gasteiger partial charge in [0.25, 0.3) is 0 Å². The summed E-state index contributed by atoms with van der Waals surface area (Å²) in [4.78, 5) is 61.1. The summed E-state index contributed by atoms with van der Waals surface area (Å²) < 4.78 is 55.0. The van der Waals surface area contributed by atoms with Crippen molar-refractivity contribution in [1.29, 1.82) is 5.26 Å². The van der Waals surface area contributed by atoms with Crippen LogP contribution in [0.2, 0.25) is 0 Å². The number of benzene rings is 14. The van der Waals surface area contributed by atoms with Gasteiger partial charge in [-0.3, -0.25) is 4.99 Å². The third kappa shape index (κ3) is 14.1. The predicted octanol–water partition coefficient (Wildman–Crippen LogP) is 23.1. The summed E-state index contributed by atoms with van der Waals surface area (Å²) in [6, 6.07) is 112. The van der Waals surface area contributed by atoms with Gasteiger partial charge in [-0.2, -0.15) is 18.4 Å². The van der Waals surface area contributed by atoms with Gasteiger partial charge in [0.2, 0.25) is 0 Å². The van der Waals surface area contributed by atoms with E-state index in [0.717, 1.165) is 44.5 Å². The van der Waals surface area contributed by atoms with E-state index < -0.39 is 11.7 Å². The van der Waals surface area contributed by atoms with E-state index in [2.05, 4.69) is 17.8 Å². The number of alkyl halides is 3. The van der Waals surface area contributed by atoms with Crippen LogP contribution < -0.4 is 0 Å². The topological polar surface area (TPSA) is 187 Å². The average Bonchev–Trinajstić information content (AvgIpc) is 1.56. The molecule has 5 aromatic heterocycles. The van der Waals surface area contributed by atoms with E-state index in [1.165, 1.54) is 12.1 Å². The fourth-order valence-corrected chi connectivity index (χ4v) is 14.9. The maximum Gasteiger partial charge on any atom is 0.417 e. The highest BCUT2D eigenvalue weighted by atomic mass is 19.4. The van der Waals surface area contributed by atoms with Crippen molar-refractivity contribution in [3.8, 4) is 131 Å². The third-order valence-corrected chi connectivity index (χ3v) is 20.5. The Kier molecular flexibility index (Phi) is 18.6. The zero-order valence-corrected chi connectivity index (χ0v) is 62.2. The van der Waals surface area contributed by atoms with Crippen LogP contribution in [0.3, 0.4) is 0 Å². The molecule has 0 amide bonds. The lowest BCUT2D eigenvalue weighted by molar-refractivity contribution is -0.137. The Balaban J connectivity index is 0.905. The molecule has 117 heavy (non-hydrogen) atoms. The molecule has 19 rings (SSSR count). The van der Waals surface area contributed by atoms with Gasteiger partial charge in [0.1, 0.15) is 0 Å². The van der Waals surface area contributed by atoms with Crippen LogP contribution in [-0.2, 0) is 12.7 Å². The Morgan fingerprint density at radius 1 is 0.316 bits per heavy atom. The highest BCUT2D eigenvalue weighted by molar-refractivity contribution is 6.18. The fraction of sp³-hybridized carbons (Fsp3) is 0.0202.